The first-order valence-electron chi connectivity index (χ1n) is 7.64. The maximum absolute atomic E-state index is 13.0. The predicted molar refractivity (Wildman–Crippen MR) is 91.8 cm³/mol. The number of hydrogen-bond acceptors (Lipinski definition) is 3. The van der Waals surface area contributed by atoms with Gasteiger partial charge < -0.3 is 10.5 Å². The van der Waals surface area contributed by atoms with Crippen LogP contribution in [0.5, 0.6) is 5.75 Å². The third-order valence-corrected chi connectivity index (χ3v) is 3.39. The lowest BCUT2D eigenvalue weighted by atomic mass is 10.1. The van der Waals surface area contributed by atoms with E-state index in [-0.39, 0.29) is 12.4 Å². The fraction of sp³-hybridized carbons (Fsp3) is 0.211. The van der Waals surface area contributed by atoms with Gasteiger partial charge in [0, 0.05) is 19.6 Å². The molecule has 0 bridgehead atoms. The van der Waals surface area contributed by atoms with Gasteiger partial charge in [-0.3, -0.25) is 9.69 Å². The van der Waals surface area contributed by atoms with E-state index in [4.69, 9.17) is 10.5 Å². The number of nitrogens with zero attached hydrogens (tertiary/aromatic N) is 1. The van der Waals surface area contributed by atoms with Gasteiger partial charge in [0.2, 0.25) is 0 Å². The lowest BCUT2D eigenvalue weighted by Crippen LogP contribution is -2.23. The molecule has 2 rings (SSSR count). The van der Waals surface area contributed by atoms with Crippen molar-refractivity contribution in [1.29, 1.82) is 0 Å². The molecule has 0 aliphatic carbocycles. The van der Waals surface area contributed by atoms with Gasteiger partial charge in [-0.05, 0) is 35.4 Å². The number of primary amides is 1. The number of benzene rings is 2. The molecule has 0 radical (unpaired) electrons. The van der Waals surface area contributed by atoms with Crippen LogP contribution < -0.4 is 10.5 Å². The summed E-state index contributed by atoms with van der Waals surface area (Å²) in [6, 6.07) is 14.0. The highest BCUT2D eigenvalue weighted by Crippen LogP contribution is 2.16. The summed E-state index contributed by atoms with van der Waals surface area (Å²) in [5.74, 6) is -0.148. The van der Waals surface area contributed by atoms with Crippen molar-refractivity contribution in [2.45, 2.75) is 13.1 Å². The van der Waals surface area contributed by atoms with Crippen LogP contribution in [0.15, 0.2) is 61.2 Å². The van der Waals surface area contributed by atoms with E-state index in [1.807, 2.05) is 24.3 Å². The van der Waals surface area contributed by atoms with Crippen molar-refractivity contribution in [2.75, 3.05) is 13.2 Å². The molecule has 2 aromatic rings. The summed E-state index contributed by atoms with van der Waals surface area (Å²) in [5, 5.41) is 0. The normalized spacial score (nSPS) is 10.6. The molecular weight excluding hydrogens is 307 g/mol. The Kier molecular flexibility index (Phi) is 6.51. The van der Waals surface area contributed by atoms with Crippen LogP contribution in [0.4, 0.5) is 4.39 Å². The molecule has 0 heterocycles. The number of nitrogens with two attached hydrogens (primary N) is 1. The standard InChI is InChI=1S/C19H21FN2O2/c1-2-10-22(12-15-6-8-17(20)9-7-15)13-16-4-3-5-18(11-16)24-14-19(21)23/h2-9,11H,1,10,12-14H2,(H2,21,23). The maximum atomic E-state index is 13.0. The zero-order valence-electron chi connectivity index (χ0n) is 13.5. The van der Waals surface area contributed by atoms with Crippen LogP contribution in [0.1, 0.15) is 11.1 Å². The average molecular weight is 328 g/mol. The highest BCUT2D eigenvalue weighted by molar-refractivity contribution is 5.75. The number of halogens is 1. The molecule has 2 N–H and O–H groups in total. The Labute approximate surface area is 141 Å². The minimum absolute atomic E-state index is 0.143. The first-order valence-corrected chi connectivity index (χ1v) is 7.64. The van der Waals surface area contributed by atoms with Crippen LogP contribution in [0.25, 0.3) is 0 Å². The smallest absolute Gasteiger partial charge is 0.255 e. The largest absolute Gasteiger partial charge is 0.484 e. The lowest BCUT2D eigenvalue weighted by Gasteiger charge is -2.21. The first kappa shape index (κ1) is 17.7. The molecule has 5 heteroatoms. The average Bonchev–Trinajstić information content (AvgIpc) is 2.56. The number of amides is 1. The molecule has 0 aliphatic heterocycles. The summed E-state index contributed by atoms with van der Waals surface area (Å²) in [4.78, 5) is 13.0. The number of carbonyl (C=O) groups is 1. The molecule has 126 valence electrons. The van der Waals surface area contributed by atoms with Crippen molar-refractivity contribution in [2.24, 2.45) is 5.73 Å². The lowest BCUT2D eigenvalue weighted by molar-refractivity contribution is -0.119. The van der Waals surface area contributed by atoms with E-state index < -0.39 is 5.91 Å². The van der Waals surface area contributed by atoms with Gasteiger partial charge in [0.1, 0.15) is 11.6 Å². The Morgan fingerprint density at radius 2 is 1.88 bits per heavy atom. The van der Waals surface area contributed by atoms with Crippen molar-refractivity contribution in [3.8, 4) is 5.75 Å². The van der Waals surface area contributed by atoms with Gasteiger partial charge in [-0.1, -0.05) is 30.3 Å². The molecule has 0 unspecified atom stereocenters. The minimum Gasteiger partial charge on any atom is -0.484 e. The van der Waals surface area contributed by atoms with E-state index in [9.17, 15) is 9.18 Å². The SMILES string of the molecule is C=CCN(Cc1ccc(F)cc1)Cc1cccc(OCC(N)=O)c1. The summed E-state index contributed by atoms with van der Waals surface area (Å²) >= 11 is 0. The van der Waals surface area contributed by atoms with Crippen molar-refractivity contribution in [3.63, 3.8) is 0 Å². The van der Waals surface area contributed by atoms with Gasteiger partial charge >= 0.3 is 0 Å². The Hall–Kier alpha value is -2.66. The van der Waals surface area contributed by atoms with Crippen LogP contribution in [0.2, 0.25) is 0 Å². The predicted octanol–water partition coefficient (Wildman–Crippen LogP) is 2.88. The summed E-state index contributed by atoms with van der Waals surface area (Å²) in [7, 11) is 0. The van der Waals surface area contributed by atoms with E-state index >= 15 is 0 Å². The molecule has 0 aromatic heterocycles. The van der Waals surface area contributed by atoms with Gasteiger partial charge in [-0.15, -0.1) is 6.58 Å². The molecule has 1 amide bonds. The Morgan fingerprint density at radius 1 is 1.17 bits per heavy atom. The molecule has 0 aliphatic rings. The van der Waals surface area contributed by atoms with Crippen molar-refractivity contribution >= 4 is 5.91 Å². The maximum Gasteiger partial charge on any atom is 0.255 e. The summed E-state index contributed by atoms with van der Waals surface area (Å²) < 4.78 is 18.3. The zero-order chi connectivity index (χ0) is 17.4. The summed E-state index contributed by atoms with van der Waals surface area (Å²) in [5.41, 5.74) is 7.15. The fourth-order valence-electron chi connectivity index (χ4n) is 2.36. The first-order chi connectivity index (χ1) is 11.6. The quantitative estimate of drug-likeness (QED) is 0.720. The topological polar surface area (TPSA) is 55.6 Å². The van der Waals surface area contributed by atoms with E-state index in [1.165, 1.54) is 12.1 Å². The number of rotatable bonds is 9. The van der Waals surface area contributed by atoms with E-state index in [2.05, 4.69) is 11.5 Å². The second-order valence-electron chi connectivity index (χ2n) is 5.49. The Balaban J connectivity index is 2.03. The van der Waals surface area contributed by atoms with E-state index in [1.54, 1.807) is 18.2 Å². The van der Waals surface area contributed by atoms with Crippen LogP contribution in [0.3, 0.4) is 0 Å². The van der Waals surface area contributed by atoms with E-state index in [0.717, 1.165) is 11.1 Å². The van der Waals surface area contributed by atoms with E-state index in [0.29, 0.717) is 25.4 Å². The molecule has 0 saturated heterocycles. The van der Waals surface area contributed by atoms with Gasteiger partial charge in [-0.25, -0.2) is 4.39 Å². The second kappa shape index (κ2) is 8.84. The highest BCUT2D eigenvalue weighted by Gasteiger charge is 2.07. The molecule has 2 aromatic carbocycles. The van der Waals surface area contributed by atoms with Crippen LogP contribution >= 0.6 is 0 Å². The molecule has 24 heavy (non-hydrogen) atoms. The van der Waals surface area contributed by atoms with Crippen molar-refractivity contribution < 1.29 is 13.9 Å². The fourth-order valence-corrected chi connectivity index (χ4v) is 2.36. The van der Waals surface area contributed by atoms with Gasteiger partial charge in [0.25, 0.3) is 5.91 Å². The second-order valence-corrected chi connectivity index (χ2v) is 5.49. The number of carbonyl (C=O) groups excluding carboxylic acids is 1. The van der Waals surface area contributed by atoms with Gasteiger partial charge in [0.15, 0.2) is 6.61 Å². The van der Waals surface area contributed by atoms with Crippen molar-refractivity contribution in [1.82, 2.24) is 4.90 Å². The van der Waals surface area contributed by atoms with Crippen molar-refractivity contribution in [3.05, 3.63) is 78.1 Å². The number of hydrogen-bond donors (Lipinski definition) is 1. The van der Waals surface area contributed by atoms with Gasteiger partial charge in [-0.2, -0.15) is 0 Å². The zero-order valence-corrected chi connectivity index (χ0v) is 13.5. The van der Waals surface area contributed by atoms with Gasteiger partial charge in [0.05, 0.1) is 0 Å². The molecule has 0 atom stereocenters. The molecule has 0 spiro atoms. The molecule has 4 nitrogen and oxygen atoms in total. The molecule has 0 saturated carbocycles. The summed E-state index contributed by atoms with van der Waals surface area (Å²) in [6.45, 7) is 5.70. The highest BCUT2D eigenvalue weighted by atomic mass is 19.1. The number of ether oxygens (including phenoxy) is 1. The monoisotopic (exact) mass is 328 g/mol. The summed E-state index contributed by atoms with van der Waals surface area (Å²) in [6.07, 6.45) is 1.83. The van der Waals surface area contributed by atoms with Crippen LogP contribution in [-0.4, -0.2) is 24.0 Å². The third-order valence-electron chi connectivity index (χ3n) is 3.39. The van der Waals surface area contributed by atoms with Crippen LogP contribution in [0, 0.1) is 5.82 Å². The Morgan fingerprint density at radius 3 is 2.54 bits per heavy atom. The molecular formula is C19H21FN2O2. The molecule has 0 fully saturated rings. The third kappa shape index (κ3) is 5.85. The Bertz CT molecular complexity index is 686. The minimum atomic E-state index is -0.509. The van der Waals surface area contributed by atoms with Crippen LogP contribution in [-0.2, 0) is 17.9 Å².